The fraction of sp³-hybridized carbons (Fsp3) is 0.450. The lowest BCUT2D eigenvalue weighted by Crippen LogP contribution is -2.57. The number of aliphatic hydroxyl groups excluding tert-OH is 1. The molecule has 4 rings (SSSR count). The van der Waals surface area contributed by atoms with Crippen LogP contribution in [0.15, 0.2) is 34.7 Å². The van der Waals surface area contributed by atoms with Crippen molar-refractivity contribution in [1.82, 2.24) is 10.2 Å². The van der Waals surface area contributed by atoms with Crippen LogP contribution in [0.1, 0.15) is 40.0 Å². The molecule has 1 aliphatic carbocycles. The van der Waals surface area contributed by atoms with Crippen molar-refractivity contribution in [3.8, 4) is 0 Å². The average Bonchev–Trinajstić information content (AvgIpc) is 3.07. The van der Waals surface area contributed by atoms with Gasteiger partial charge < -0.3 is 10.4 Å². The summed E-state index contributed by atoms with van der Waals surface area (Å²) in [5, 5.41) is 13.0. The zero-order valence-electron chi connectivity index (χ0n) is 15.4. The lowest BCUT2D eigenvalue weighted by atomic mass is 9.80. The summed E-state index contributed by atoms with van der Waals surface area (Å²) >= 11 is 1.24. The third-order valence-corrected chi connectivity index (χ3v) is 6.80. The van der Waals surface area contributed by atoms with Gasteiger partial charge in [0.2, 0.25) is 11.7 Å². The van der Waals surface area contributed by atoms with E-state index in [1.807, 2.05) is 0 Å². The maximum atomic E-state index is 13.1. The number of rotatable bonds is 4. The Kier molecular flexibility index (Phi) is 6.29. The van der Waals surface area contributed by atoms with Gasteiger partial charge in [-0.25, -0.2) is 0 Å². The number of nitrogens with zero attached hydrogens (tertiary/aromatic N) is 1. The van der Waals surface area contributed by atoms with E-state index in [4.69, 9.17) is 0 Å². The summed E-state index contributed by atoms with van der Waals surface area (Å²) in [6.45, 7) is 1.60. The predicted molar refractivity (Wildman–Crippen MR) is 110 cm³/mol. The van der Waals surface area contributed by atoms with Crippen LogP contribution in [0.5, 0.6) is 0 Å². The van der Waals surface area contributed by atoms with Gasteiger partial charge in [0, 0.05) is 22.5 Å². The summed E-state index contributed by atoms with van der Waals surface area (Å²) < 4.78 is 0. The third kappa shape index (κ3) is 3.52. The minimum Gasteiger partial charge on any atom is -0.394 e. The van der Waals surface area contributed by atoms with Crippen LogP contribution in [0.25, 0.3) is 0 Å². The Balaban J connectivity index is 0.00000225. The molecule has 1 fully saturated rings. The number of fused-ring (bicyclic) bond motifs is 1. The number of thioether (sulfide) groups is 1. The first kappa shape index (κ1) is 21.0. The van der Waals surface area contributed by atoms with Crippen molar-refractivity contribution < 1.29 is 19.5 Å². The van der Waals surface area contributed by atoms with Crippen molar-refractivity contribution in [2.24, 2.45) is 0 Å². The van der Waals surface area contributed by atoms with Crippen LogP contribution in [0.2, 0.25) is 0 Å². The highest BCUT2D eigenvalue weighted by molar-refractivity contribution is 8.04. The second-order valence-electron chi connectivity index (χ2n) is 7.32. The molecule has 1 aromatic rings. The Morgan fingerprint density at radius 1 is 1.11 bits per heavy atom. The number of Topliss-reactive ketones (excluding diaryl/α,β-unsaturated/α-hetero) is 2. The molecule has 1 amide bonds. The maximum Gasteiger partial charge on any atom is 0.234 e. The molecular formula is C20H23ClN2O4S. The number of halogens is 1. The molecule has 0 radical (unpaired) electrons. The minimum absolute atomic E-state index is 0. The molecule has 3 aliphatic rings. The van der Waals surface area contributed by atoms with Crippen molar-refractivity contribution >= 4 is 41.6 Å². The lowest BCUT2D eigenvalue weighted by Gasteiger charge is -2.33. The topological polar surface area (TPSA) is 86.7 Å². The number of allylic oxidation sites excluding steroid dienone is 1. The largest absolute Gasteiger partial charge is 0.394 e. The monoisotopic (exact) mass is 422 g/mol. The number of benzene rings is 1. The molecule has 2 aliphatic heterocycles. The second kappa shape index (κ2) is 8.37. The van der Waals surface area contributed by atoms with Gasteiger partial charge in [-0.05, 0) is 25.9 Å². The standard InChI is InChI=1S/C20H22N2O4S.ClH/c23-11-20(21-15(24)10-22-8-4-1-5-9-22)12-27-19-16(20)17(25)13-6-2-3-7-14(13)18(19)26;/h2-3,6-7,23H,1,4-5,8-12H2,(H,21,24);1H. The number of likely N-dealkylation sites (tertiary alicyclic amines) is 1. The molecule has 1 unspecified atom stereocenters. The van der Waals surface area contributed by atoms with E-state index in [2.05, 4.69) is 10.2 Å². The van der Waals surface area contributed by atoms with Crippen molar-refractivity contribution in [2.75, 3.05) is 32.0 Å². The normalized spacial score (nSPS) is 24.5. The van der Waals surface area contributed by atoms with Crippen LogP contribution >= 0.6 is 24.2 Å². The smallest absolute Gasteiger partial charge is 0.234 e. The Morgan fingerprint density at radius 2 is 1.75 bits per heavy atom. The molecule has 0 saturated carbocycles. The maximum absolute atomic E-state index is 13.1. The average molecular weight is 423 g/mol. The van der Waals surface area contributed by atoms with Gasteiger partial charge >= 0.3 is 0 Å². The van der Waals surface area contributed by atoms with Crippen molar-refractivity contribution in [3.63, 3.8) is 0 Å². The van der Waals surface area contributed by atoms with Gasteiger partial charge in [-0.1, -0.05) is 30.7 Å². The fourth-order valence-electron chi connectivity index (χ4n) is 4.08. The van der Waals surface area contributed by atoms with Gasteiger partial charge in [0.1, 0.15) is 5.54 Å². The van der Waals surface area contributed by atoms with Crippen LogP contribution in [-0.2, 0) is 4.79 Å². The number of aliphatic hydroxyl groups is 1. The van der Waals surface area contributed by atoms with Gasteiger partial charge in [-0.3, -0.25) is 19.3 Å². The fourth-order valence-corrected chi connectivity index (χ4v) is 5.45. The number of hydrogen-bond acceptors (Lipinski definition) is 6. The number of amides is 1. The van der Waals surface area contributed by atoms with Gasteiger partial charge in [0.25, 0.3) is 0 Å². The molecule has 8 heteroatoms. The molecule has 0 bridgehead atoms. The Morgan fingerprint density at radius 3 is 2.39 bits per heavy atom. The summed E-state index contributed by atoms with van der Waals surface area (Å²) in [6, 6.07) is 6.72. The number of ketones is 2. The van der Waals surface area contributed by atoms with Crippen molar-refractivity contribution in [2.45, 2.75) is 24.8 Å². The van der Waals surface area contributed by atoms with E-state index in [-0.39, 0.29) is 47.8 Å². The number of carbonyl (C=O) groups excluding carboxylic acids is 3. The zero-order chi connectivity index (χ0) is 19.0. The van der Waals surface area contributed by atoms with E-state index in [1.165, 1.54) is 18.2 Å². The molecule has 28 heavy (non-hydrogen) atoms. The van der Waals surface area contributed by atoms with E-state index in [0.29, 0.717) is 16.0 Å². The van der Waals surface area contributed by atoms with Crippen LogP contribution in [0, 0.1) is 0 Å². The quantitative estimate of drug-likeness (QED) is 0.769. The SMILES string of the molecule is Cl.O=C(CN1CCCCC1)NC1(CO)CSC2=C1C(=O)c1ccccc1C2=O. The minimum atomic E-state index is -1.20. The summed E-state index contributed by atoms with van der Waals surface area (Å²) in [4.78, 5) is 41.0. The first-order valence-corrected chi connectivity index (χ1v) is 10.2. The summed E-state index contributed by atoms with van der Waals surface area (Å²) in [5.74, 6) is -0.423. The molecule has 2 N–H and O–H groups in total. The van der Waals surface area contributed by atoms with Crippen molar-refractivity contribution in [1.29, 1.82) is 0 Å². The number of hydrogen-bond donors (Lipinski definition) is 2. The van der Waals surface area contributed by atoms with E-state index >= 15 is 0 Å². The Labute approximate surface area is 174 Å². The summed E-state index contributed by atoms with van der Waals surface area (Å²) in [5.41, 5.74) is -0.229. The molecule has 6 nitrogen and oxygen atoms in total. The first-order chi connectivity index (χ1) is 13.1. The zero-order valence-corrected chi connectivity index (χ0v) is 17.0. The summed E-state index contributed by atoms with van der Waals surface area (Å²) in [7, 11) is 0. The highest BCUT2D eigenvalue weighted by atomic mass is 35.5. The van der Waals surface area contributed by atoms with E-state index in [9.17, 15) is 19.5 Å². The molecule has 1 atom stereocenters. The molecule has 150 valence electrons. The number of nitrogens with one attached hydrogen (secondary N) is 1. The predicted octanol–water partition coefficient (Wildman–Crippen LogP) is 1.82. The molecule has 1 saturated heterocycles. The molecule has 2 heterocycles. The first-order valence-electron chi connectivity index (χ1n) is 9.26. The molecular weight excluding hydrogens is 400 g/mol. The second-order valence-corrected chi connectivity index (χ2v) is 8.31. The van der Waals surface area contributed by atoms with E-state index in [1.54, 1.807) is 24.3 Å². The van der Waals surface area contributed by atoms with Gasteiger partial charge in [0.15, 0.2) is 5.78 Å². The number of carbonyl (C=O) groups is 3. The highest BCUT2D eigenvalue weighted by Crippen LogP contribution is 2.45. The van der Waals surface area contributed by atoms with E-state index in [0.717, 1.165) is 25.9 Å². The van der Waals surface area contributed by atoms with Gasteiger partial charge in [-0.2, -0.15) is 0 Å². The molecule has 1 aromatic carbocycles. The Bertz CT molecular complexity index is 850. The number of piperidine rings is 1. The molecule has 0 aromatic heterocycles. The van der Waals surface area contributed by atoms with Crippen LogP contribution in [-0.4, -0.2) is 65.0 Å². The molecule has 0 spiro atoms. The van der Waals surface area contributed by atoms with Crippen LogP contribution in [0.3, 0.4) is 0 Å². The summed E-state index contributed by atoms with van der Waals surface area (Å²) in [6.07, 6.45) is 3.34. The Hall–Kier alpha value is -1.67. The van der Waals surface area contributed by atoms with Crippen LogP contribution < -0.4 is 5.32 Å². The van der Waals surface area contributed by atoms with Gasteiger partial charge in [0.05, 0.1) is 18.1 Å². The van der Waals surface area contributed by atoms with Crippen molar-refractivity contribution in [3.05, 3.63) is 45.9 Å². The highest BCUT2D eigenvalue weighted by Gasteiger charge is 2.50. The third-order valence-electron chi connectivity index (χ3n) is 5.48. The van der Waals surface area contributed by atoms with Gasteiger partial charge in [-0.15, -0.1) is 24.2 Å². The van der Waals surface area contributed by atoms with Crippen LogP contribution in [0.4, 0.5) is 0 Å². The lowest BCUT2D eigenvalue weighted by molar-refractivity contribution is -0.124. The van der Waals surface area contributed by atoms with E-state index < -0.39 is 12.1 Å².